The standard InChI is InChI=1S/C15H16O10/c1-5-10(16)22-9-14(20,23-11(17)6-2)15(21,24-12(18)7-3)25-13(19)8-4/h5-8,20-21H,1-4,9H2. The van der Waals surface area contributed by atoms with Crippen molar-refractivity contribution in [2.75, 3.05) is 6.61 Å². The van der Waals surface area contributed by atoms with E-state index in [0.717, 1.165) is 0 Å². The van der Waals surface area contributed by atoms with Gasteiger partial charge in [0, 0.05) is 24.3 Å². The lowest BCUT2D eigenvalue weighted by atomic mass is 10.2. The minimum Gasteiger partial charge on any atom is -0.455 e. The van der Waals surface area contributed by atoms with Crippen molar-refractivity contribution in [1.29, 1.82) is 0 Å². The molecule has 0 radical (unpaired) electrons. The zero-order valence-corrected chi connectivity index (χ0v) is 13.0. The van der Waals surface area contributed by atoms with Gasteiger partial charge in [-0.2, -0.15) is 0 Å². The summed E-state index contributed by atoms with van der Waals surface area (Å²) in [6.07, 6.45) is 2.32. The normalized spacial score (nSPS) is 12.6. The van der Waals surface area contributed by atoms with E-state index in [1.54, 1.807) is 0 Å². The predicted molar refractivity (Wildman–Crippen MR) is 79.9 cm³/mol. The first-order chi connectivity index (χ1) is 11.6. The van der Waals surface area contributed by atoms with Gasteiger partial charge in [0.05, 0.1) is 0 Å². The van der Waals surface area contributed by atoms with Gasteiger partial charge in [-0.3, -0.25) is 0 Å². The van der Waals surface area contributed by atoms with Crippen molar-refractivity contribution in [2.24, 2.45) is 0 Å². The Morgan fingerprint density at radius 3 is 1.44 bits per heavy atom. The second-order valence-corrected chi connectivity index (χ2v) is 4.05. The molecule has 2 N–H and O–H groups in total. The molecular formula is C15H16O10. The molecule has 1 unspecified atom stereocenters. The molecule has 0 aromatic carbocycles. The molecule has 0 saturated carbocycles. The van der Waals surface area contributed by atoms with E-state index in [2.05, 4.69) is 45.3 Å². The number of carbonyl (C=O) groups excluding carboxylic acids is 4. The maximum atomic E-state index is 11.4. The van der Waals surface area contributed by atoms with E-state index in [1.807, 2.05) is 0 Å². The number of carbonyl (C=O) groups is 4. The zero-order valence-electron chi connectivity index (χ0n) is 13.0. The second kappa shape index (κ2) is 9.15. The quantitative estimate of drug-likeness (QED) is 0.221. The molecule has 0 bridgehead atoms. The summed E-state index contributed by atoms with van der Waals surface area (Å²) < 4.78 is 17.6. The van der Waals surface area contributed by atoms with E-state index in [-0.39, 0.29) is 0 Å². The molecule has 0 aromatic heterocycles. The monoisotopic (exact) mass is 356 g/mol. The van der Waals surface area contributed by atoms with Gasteiger partial charge in [0.15, 0.2) is 6.61 Å². The van der Waals surface area contributed by atoms with Crippen LogP contribution in [0.5, 0.6) is 0 Å². The maximum absolute atomic E-state index is 11.4. The van der Waals surface area contributed by atoms with Gasteiger partial charge in [-0.25, -0.2) is 19.2 Å². The Hall–Kier alpha value is -3.24. The Kier molecular flexibility index (Phi) is 7.97. The summed E-state index contributed by atoms with van der Waals surface area (Å²) in [7, 11) is 0. The highest BCUT2D eigenvalue weighted by atomic mass is 16.9. The van der Waals surface area contributed by atoms with Gasteiger partial charge in [-0.05, 0) is 0 Å². The first kappa shape index (κ1) is 21.8. The Labute approximate surface area is 142 Å². The van der Waals surface area contributed by atoms with Gasteiger partial charge >= 0.3 is 35.6 Å². The summed E-state index contributed by atoms with van der Waals surface area (Å²) >= 11 is 0. The lowest BCUT2D eigenvalue weighted by molar-refractivity contribution is -0.445. The Morgan fingerprint density at radius 2 is 1.08 bits per heavy atom. The molecule has 10 nitrogen and oxygen atoms in total. The van der Waals surface area contributed by atoms with Gasteiger partial charge < -0.3 is 29.2 Å². The Morgan fingerprint density at radius 1 is 0.720 bits per heavy atom. The first-order valence-electron chi connectivity index (χ1n) is 6.37. The molecule has 0 spiro atoms. The van der Waals surface area contributed by atoms with E-state index in [0.29, 0.717) is 24.3 Å². The van der Waals surface area contributed by atoms with Crippen molar-refractivity contribution >= 4 is 23.9 Å². The van der Waals surface area contributed by atoms with Gasteiger partial charge in [0.25, 0.3) is 0 Å². The van der Waals surface area contributed by atoms with Gasteiger partial charge in [-0.15, -0.1) is 0 Å². The summed E-state index contributed by atoms with van der Waals surface area (Å²) in [5.74, 6) is -12.2. The summed E-state index contributed by atoms with van der Waals surface area (Å²) in [5, 5.41) is 20.7. The third kappa shape index (κ3) is 6.05. The molecule has 0 rings (SSSR count). The number of rotatable bonds is 10. The molecule has 0 aliphatic carbocycles. The average Bonchev–Trinajstić information content (AvgIpc) is 2.58. The lowest BCUT2D eigenvalue weighted by Gasteiger charge is -2.37. The Balaban J connectivity index is 5.98. The van der Waals surface area contributed by atoms with Crippen molar-refractivity contribution in [3.63, 3.8) is 0 Å². The van der Waals surface area contributed by atoms with Crippen LogP contribution in [0.1, 0.15) is 0 Å². The zero-order chi connectivity index (χ0) is 19.7. The fourth-order valence-corrected chi connectivity index (χ4v) is 1.16. The van der Waals surface area contributed by atoms with Gasteiger partial charge in [-0.1, -0.05) is 26.3 Å². The summed E-state index contributed by atoms with van der Waals surface area (Å²) in [6, 6.07) is 0. The molecule has 25 heavy (non-hydrogen) atoms. The summed E-state index contributed by atoms with van der Waals surface area (Å²) in [6.45, 7) is 10.9. The van der Waals surface area contributed by atoms with Crippen LogP contribution in [0.2, 0.25) is 0 Å². The van der Waals surface area contributed by atoms with Crippen LogP contribution in [0.15, 0.2) is 50.6 Å². The predicted octanol–water partition coefficient (Wildman–Crippen LogP) is -0.762. The van der Waals surface area contributed by atoms with Crippen LogP contribution in [0, 0.1) is 0 Å². The molecule has 0 heterocycles. The largest absolute Gasteiger partial charge is 0.455 e. The molecule has 0 aliphatic heterocycles. The van der Waals surface area contributed by atoms with Crippen molar-refractivity contribution in [2.45, 2.75) is 11.8 Å². The summed E-state index contributed by atoms with van der Waals surface area (Å²) in [4.78, 5) is 45.3. The number of hydrogen-bond donors (Lipinski definition) is 2. The summed E-state index contributed by atoms with van der Waals surface area (Å²) in [5.41, 5.74) is 0. The van der Waals surface area contributed by atoms with Crippen LogP contribution in [-0.2, 0) is 38.1 Å². The van der Waals surface area contributed by atoms with Crippen LogP contribution >= 0.6 is 0 Å². The third-order valence-corrected chi connectivity index (χ3v) is 2.32. The number of hydrogen-bond acceptors (Lipinski definition) is 10. The molecule has 0 saturated heterocycles. The van der Waals surface area contributed by atoms with Crippen LogP contribution in [0.3, 0.4) is 0 Å². The second-order valence-electron chi connectivity index (χ2n) is 4.05. The van der Waals surface area contributed by atoms with E-state index in [1.165, 1.54) is 0 Å². The molecular weight excluding hydrogens is 340 g/mol. The fourth-order valence-electron chi connectivity index (χ4n) is 1.16. The van der Waals surface area contributed by atoms with Crippen LogP contribution in [0.25, 0.3) is 0 Å². The lowest BCUT2D eigenvalue weighted by Crippen LogP contribution is -2.64. The van der Waals surface area contributed by atoms with Crippen LogP contribution in [0.4, 0.5) is 0 Å². The highest BCUT2D eigenvalue weighted by Crippen LogP contribution is 2.29. The maximum Gasteiger partial charge on any atom is 0.447 e. The topological polar surface area (TPSA) is 146 Å². The number of esters is 4. The van der Waals surface area contributed by atoms with Crippen LogP contribution < -0.4 is 0 Å². The minimum absolute atomic E-state index is 0.540. The molecule has 0 aliphatic rings. The molecule has 136 valence electrons. The van der Waals surface area contributed by atoms with E-state index in [9.17, 15) is 29.4 Å². The SMILES string of the molecule is C=CC(=O)OCC(O)(OC(=O)C=C)C(O)(OC(=O)C=C)OC(=O)C=C. The van der Waals surface area contributed by atoms with E-state index < -0.39 is 42.2 Å². The van der Waals surface area contributed by atoms with Crippen molar-refractivity contribution in [3.8, 4) is 0 Å². The molecule has 1 atom stereocenters. The Bertz CT molecular complexity index is 583. The molecule has 0 aromatic rings. The van der Waals surface area contributed by atoms with E-state index in [4.69, 9.17) is 0 Å². The molecule has 0 fully saturated rings. The highest BCUT2D eigenvalue weighted by molar-refractivity contribution is 5.84. The van der Waals surface area contributed by atoms with Gasteiger partial charge in [0.2, 0.25) is 0 Å². The first-order valence-corrected chi connectivity index (χ1v) is 6.37. The number of ether oxygens (including phenoxy) is 4. The smallest absolute Gasteiger partial charge is 0.447 e. The van der Waals surface area contributed by atoms with Crippen molar-refractivity contribution in [3.05, 3.63) is 50.6 Å². The minimum atomic E-state index is -3.62. The molecule has 0 amide bonds. The van der Waals surface area contributed by atoms with Crippen LogP contribution in [-0.4, -0.2) is 52.5 Å². The van der Waals surface area contributed by atoms with Crippen molar-refractivity contribution in [1.82, 2.24) is 0 Å². The van der Waals surface area contributed by atoms with Crippen molar-refractivity contribution < 1.29 is 48.3 Å². The number of aliphatic hydroxyl groups is 2. The van der Waals surface area contributed by atoms with Gasteiger partial charge in [0.1, 0.15) is 0 Å². The van der Waals surface area contributed by atoms with E-state index >= 15 is 0 Å². The average molecular weight is 356 g/mol. The third-order valence-electron chi connectivity index (χ3n) is 2.32. The molecule has 10 heteroatoms. The highest BCUT2D eigenvalue weighted by Gasteiger charge is 2.62. The fraction of sp³-hybridized carbons (Fsp3) is 0.200.